The number of hydrogen-bond acceptors (Lipinski definition) is 5. The number of nitrogens with zero attached hydrogens (tertiary/aromatic N) is 2. The van der Waals surface area contributed by atoms with E-state index in [9.17, 15) is 10.1 Å². The SMILES string of the molecule is N#Cc1c(SCc2ccccc2)n[nH]c1NC(=O)c1ccco1. The van der Waals surface area contributed by atoms with E-state index in [1.807, 2.05) is 30.3 Å². The fourth-order valence-corrected chi connectivity index (χ4v) is 2.83. The molecule has 1 amide bonds. The molecule has 0 bridgehead atoms. The summed E-state index contributed by atoms with van der Waals surface area (Å²) < 4.78 is 5.02. The molecule has 0 aliphatic rings. The van der Waals surface area contributed by atoms with E-state index in [1.54, 1.807) is 12.1 Å². The number of rotatable bonds is 5. The van der Waals surface area contributed by atoms with E-state index in [4.69, 9.17) is 4.42 Å². The number of aromatic nitrogens is 2. The zero-order valence-corrected chi connectivity index (χ0v) is 12.8. The van der Waals surface area contributed by atoms with Gasteiger partial charge in [0.15, 0.2) is 5.76 Å². The third kappa shape index (κ3) is 3.44. The summed E-state index contributed by atoms with van der Waals surface area (Å²) in [6, 6.07) is 15.1. The van der Waals surface area contributed by atoms with Crippen LogP contribution in [-0.4, -0.2) is 16.1 Å². The zero-order chi connectivity index (χ0) is 16.1. The molecule has 1 aromatic carbocycles. The summed E-state index contributed by atoms with van der Waals surface area (Å²) in [5.74, 6) is 0.688. The largest absolute Gasteiger partial charge is 0.459 e. The molecule has 114 valence electrons. The Labute approximate surface area is 136 Å². The first-order chi connectivity index (χ1) is 11.3. The van der Waals surface area contributed by atoms with Gasteiger partial charge in [0.2, 0.25) is 0 Å². The molecule has 2 heterocycles. The van der Waals surface area contributed by atoms with Crippen LogP contribution in [0.2, 0.25) is 0 Å². The molecule has 23 heavy (non-hydrogen) atoms. The lowest BCUT2D eigenvalue weighted by Crippen LogP contribution is -2.12. The number of hydrogen-bond donors (Lipinski definition) is 2. The van der Waals surface area contributed by atoms with Crippen LogP contribution in [0.15, 0.2) is 58.2 Å². The molecular weight excluding hydrogens is 312 g/mol. The van der Waals surface area contributed by atoms with Crippen LogP contribution < -0.4 is 5.32 Å². The Kier molecular flexibility index (Phi) is 4.45. The lowest BCUT2D eigenvalue weighted by molar-refractivity contribution is 0.0996. The van der Waals surface area contributed by atoms with Gasteiger partial charge in [-0.15, -0.1) is 0 Å². The van der Waals surface area contributed by atoms with Crippen LogP contribution in [0.1, 0.15) is 21.7 Å². The van der Waals surface area contributed by atoms with Crippen molar-refractivity contribution < 1.29 is 9.21 Å². The summed E-state index contributed by atoms with van der Waals surface area (Å²) in [6.07, 6.45) is 1.41. The van der Waals surface area contributed by atoms with Crippen molar-refractivity contribution in [3.63, 3.8) is 0 Å². The third-order valence-corrected chi connectivity index (χ3v) is 4.09. The van der Waals surface area contributed by atoms with Crippen LogP contribution in [0.4, 0.5) is 5.82 Å². The van der Waals surface area contributed by atoms with Crippen LogP contribution in [0.25, 0.3) is 0 Å². The molecule has 0 radical (unpaired) electrons. The first-order valence-corrected chi connectivity index (χ1v) is 7.76. The fourth-order valence-electron chi connectivity index (χ4n) is 1.93. The predicted octanol–water partition coefficient (Wildman–Crippen LogP) is 3.42. The first-order valence-electron chi connectivity index (χ1n) is 6.78. The van der Waals surface area contributed by atoms with E-state index in [-0.39, 0.29) is 11.6 Å². The summed E-state index contributed by atoms with van der Waals surface area (Å²) in [4.78, 5) is 12.0. The first kappa shape index (κ1) is 14.9. The third-order valence-electron chi connectivity index (χ3n) is 3.05. The molecule has 3 rings (SSSR count). The molecule has 0 atom stereocenters. The zero-order valence-electron chi connectivity index (χ0n) is 11.9. The Morgan fingerprint density at radius 2 is 2.13 bits per heavy atom. The number of carbonyl (C=O) groups is 1. The van der Waals surface area contributed by atoms with Gasteiger partial charge in [-0.05, 0) is 17.7 Å². The topological polar surface area (TPSA) is 94.7 Å². The normalized spacial score (nSPS) is 10.2. The Morgan fingerprint density at radius 3 is 2.83 bits per heavy atom. The van der Waals surface area contributed by atoms with Gasteiger partial charge in [-0.25, -0.2) is 0 Å². The molecule has 0 aliphatic carbocycles. The fraction of sp³-hybridized carbons (Fsp3) is 0.0625. The van der Waals surface area contributed by atoms with Crippen LogP contribution in [0.5, 0.6) is 0 Å². The second kappa shape index (κ2) is 6.85. The van der Waals surface area contributed by atoms with Crippen molar-refractivity contribution in [2.75, 3.05) is 5.32 Å². The number of aromatic amines is 1. The van der Waals surface area contributed by atoms with Gasteiger partial charge in [0.1, 0.15) is 22.5 Å². The number of nitriles is 1. The van der Waals surface area contributed by atoms with Gasteiger partial charge in [-0.2, -0.15) is 10.4 Å². The molecule has 6 nitrogen and oxygen atoms in total. The van der Waals surface area contributed by atoms with Crippen LogP contribution in [-0.2, 0) is 5.75 Å². The second-order valence-electron chi connectivity index (χ2n) is 4.60. The van der Waals surface area contributed by atoms with Crippen LogP contribution in [0, 0.1) is 11.3 Å². The van der Waals surface area contributed by atoms with E-state index in [1.165, 1.54) is 18.0 Å². The van der Waals surface area contributed by atoms with E-state index in [2.05, 4.69) is 21.6 Å². The standard InChI is InChI=1S/C16H12N4O2S/c17-9-12-14(18-15(21)13-7-4-8-22-13)19-20-16(12)23-10-11-5-2-1-3-6-11/h1-8H,10H2,(H2,18,19,20,21). The minimum absolute atomic E-state index is 0.168. The smallest absolute Gasteiger partial charge is 0.292 e. The average Bonchev–Trinajstić information content (AvgIpc) is 3.23. The monoisotopic (exact) mass is 324 g/mol. The van der Waals surface area contributed by atoms with Crippen molar-refractivity contribution in [1.29, 1.82) is 5.26 Å². The maximum Gasteiger partial charge on any atom is 0.292 e. The van der Waals surface area contributed by atoms with Gasteiger partial charge in [-0.1, -0.05) is 42.1 Å². The van der Waals surface area contributed by atoms with Crippen molar-refractivity contribution in [3.05, 3.63) is 65.6 Å². The van der Waals surface area contributed by atoms with E-state index in [0.717, 1.165) is 5.56 Å². The van der Waals surface area contributed by atoms with Crippen molar-refractivity contribution in [1.82, 2.24) is 10.2 Å². The second-order valence-corrected chi connectivity index (χ2v) is 5.56. The molecular formula is C16H12N4O2S. The number of carbonyl (C=O) groups excluding carboxylic acids is 1. The molecule has 0 aliphatic heterocycles. The molecule has 0 unspecified atom stereocenters. The van der Waals surface area contributed by atoms with Gasteiger partial charge >= 0.3 is 0 Å². The number of furan rings is 1. The minimum atomic E-state index is -0.435. The molecule has 3 aromatic rings. The Bertz CT molecular complexity index is 835. The van der Waals surface area contributed by atoms with E-state index < -0.39 is 5.91 Å². The maximum atomic E-state index is 12.0. The lowest BCUT2D eigenvalue weighted by atomic mass is 10.2. The lowest BCUT2D eigenvalue weighted by Gasteiger charge is -2.01. The van der Waals surface area contributed by atoms with Gasteiger partial charge < -0.3 is 9.73 Å². The molecule has 2 N–H and O–H groups in total. The number of amides is 1. The van der Waals surface area contributed by atoms with Gasteiger partial charge in [0, 0.05) is 5.75 Å². The summed E-state index contributed by atoms with van der Waals surface area (Å²) >= 11 is 1.43. The highest BCUT2D eigenvalue weighted by atomic mass is 32.2. The predicted molar refractivity (Wildman–Crippen MR) is 86.0 cm³/mol. The highest BCUT2D eigenvalue weighted by Gasteiger charge is 2.17. The Morgan fingerprint density at radius 1 is 1.30 bits per heavy atom. The molecule has 0 fully saturated rings. The maximum absolute atomic E-state index is 12.0. The number of benzene rings is 1. The van der Waals surface area contributed by atoms with Crippen LogP contribution >= 0.6 is 11.8 Å². The van der Waals surface area contributed by atoms with Crippen molar-refractivity contribution in [2.24, 2.45) is 0 Å². The van der Waals surface area contributed by atoms with Gasteiger partial charge in [0.05, 0.1) is 6.26 Å². The average molecular weight is 324 g/mol. The van der Waals surface area contributed by atoms with E-state index in [0.29, 0.717) is 16.3 Å². The van der Waals surface area contributed by atoms with Crippen molar-refractivity contribution in [2.45, 2.75) is 10.8 Å². The minimum Gasteiger partial charge on any atom is -0.459 e. The number of H-pyrrole nitrogens is 1. The summed E-state index contributed by atoms with van der Waals surface area (Å²) in [5.41, 5.74) is 1.44. The molecule has 2 aromatic heterocycles. The van der Waals surface area contributed by atoms with E-state index >= 15 is 0 Å². The quantitative estimate of drug-likeness (QED) is 0.701. The Balaban J connectivity index is 1.72. The van der Waals surface area contributed by atoms with Crippen molar-refractivity contribution in [3.8, 4) is 6.07 Å². The molecule has 0 saturated carbocycles. The van der Waals surface area contributed by atoms with Gasteiger partial charge in [0.25, 0.3) is 5.91 Å². The molecule has 7 heteroatoms. The van der Waals surface area contributed by atoms with Crippen molar-refractivity contribution >= 4 is 23.5 Å². The highest BCUT2D eigenvalue weighted by molar-refractivity contribution is 7.98. The summed E-state index contributed by atoms with van der Waals surface area (Å²) in [5, 5.41) is 19.3. The summed E-state index contributed by atoms with van der Waals surface area (Å²) in [6.45, 7) is 0. The number of nitrogens with one attached hydrogen (secondary N) is 2. The number of thioether (sulfide) groups is 1. The number of anilines is 1. The molecule has 0 saturated heterocycles. The highest BCUT2D eigenvalue weighted by Crippen LogP contribution is 2.28. The molecule has 0 spiro atoms. The summed E-state index contributed by atoms with van der Waals surface area (Å²) in [7, 11) is 0. The Hall–Kier alpha value is -2.98. The van der Waals surface area contributed by atoms with Gasteiger partial charge in [-0.3, -0.25) is 9.89 Å². The van der Waals surface area contributed by atoms with Crippen LogP contribution in [0.3, 0.4) is 0 Å².